The molecule has 6 nitrogen and oxygen atoms in total. The topological polar surface area (TPSA) is 58.1 Å². The Morgan fingerprint density at radius 3 is 2.62 bits per heavy atom. The quantitative estimate of drug-likeness (QED) is 0.577. The molecule has 2 aliphatic rings. The highest BCUT2D eigenvalue weighted by molar-refractivity contribution is 5.80. The average Bonchev–Trinajstić information content (AvgIpc) is 3.25. The Balaban J connectivity index is 1.66. The van der Waals surface area contributed by atoms with Gasteiger partial charge in [0.1, 0.15) is 5.75 Å². The molecule has 0 aromatic heterocycles. The molecule has 4 atom stereocenters. The van der Waals surface area contributed by atoms with Gasteiger partial charge in [0.2, 0.25) is 0 Å². The van der Waals surface area contributed by atoms with E-state index in [9.17, 15) is 0 Å². The predicted molar refractivity (Wildman–Crippen MR) is 105 cm³/mol. The van der Waals surface area contributed by atoms with E-state index in [2.05, 4.69) is 48.7 Å². The molecule has 2 bridgehead atoms. The number of hydrogen-bond donors (Lipinski definition) is 2. The zero-order valence-electron chi connectivity index (χ0n) is 16.4. The van der Waals surface area contributed by atoms with Crippen LogP contribution in [0.2, 0.25) is 0 Å². The molecule has 4 unspecified atom stereocenters. The Hall–Kier alpha value is -1.79. The van der Waals surface area contributed by atoms with Crippen LogP contribution in [0, 0.1) is 0 Å². The number of benzene rings is 1. The summed E-state index contributed by atoms with van der Waals surface area (Å²) >= 11 is 0. The Morgan fingerprint density at radius 2 is 2.08 bits per heavy atom. The lowest BCUT2D eigenvalue weighted by Crippen LogP contribution is -2.47. The molecular formula is C20H32N4O2. The largest absolute Gasteiger partial charge is 0.497 e. The minimum atomic E-state index is 0.215. The Morgan fingerprint density at radius 1 is 1.31 bits per heavy atom. The van der Waals surface area contributed by atoms with Crippen LogP contribution in [0.15, 0.2) is 29.3 Å². The number of aliphatic imine (C=N–C) groups is 1. The van der Waals surface area contributed by atoms with E-state index in [1.807, 2.05) is 12.1 Å². The predicted octanol–water partition coefficient (Wildman–Crippen LogP) is 2.17. The van der Waals surface area contributed by atoms with Gasteiger partial charge in [0.25, 0.3) is 0 Å². The Kier molecular flexibility index (Phi) is 6.38. The lowest BCUT2D eigenvalue weighted by atomic mass is 9.96. The van der Waals surface area contributed by atoms with Crippen LogP contribution in [-0.2, 0) is 4.74 Å². The van der Waals surface area contributed by atoms with E-state index in [0.29, 0.717) is 24.8 Å². The number of methoxy groups -OCH3 is 1. The summed E-state index contributed by atoms with van der Waals surface area (Å²) in [6.07, 6.45) is 4.24. The SMILES string of the molecule is CCNC(=NCC(c1ccc(OC)cc1)N(C)C)NC1CC2CCC1O2. The molecule has 2 N–H and O–H groups in total. The summed E-state index contributed by atoms with van der Waals surface area (Å²) in [4.78, 5) is 7.07. The van der Waals surface area contributed by atoms with Gasteiger partial charge in [0.15, 0.2) is 5.96 Å². The van der Waals surface area contributed by atoms with Gasteiger partial charge in [0, 0.05) is 6.54 Å². The summed E-state index contributed by atoms with van der Waals surface area (Å²) in [6, 6.07) is 8.83. The molecule has 1 aromatic carbocycles. The van der Waals surface area contributed by atoms with E-state index < -0.39 is 0 Å². The van der Waals surface area contributed by atoms with E-state index in [0.717, 1.165) is 31.1 Å². The van der Waals surface area contributed by atoms with Gasteiger partial charge in [0.05, 0.1) is 37.9 Å². The smallest absolute Gasteiger partial charge is 0.191 e. The molecule has 3 rings (SSSR count). The highest BCUT2D eigenvalue weighted by Gasteiger charge is 2.41. The van der Waals surface area contributed by atoms with Gasteiger partial charge >= 0.3 is 0 Å². The number of hydrogen-bond acceptors (Lipinski definition) is 4. The number of nitrogens with one attached hydrogen (secondary N) is 2. The third-order valence-corrected chi connectivity index (χ3v) is 5.32. The minimum Gasteiger partial charge on any atom is -0.497 e. The van der Waals surface area contributed by atoms with Gasteiger partial charge in [-0.25, -0.2) is 0 Å². The van der Waals surface area contributed by atoms with Crippen molar-refractivity contribution in [1.82, 2.24) is 15.5 Å². The summed E-state index contributed by atoms with van der Waals surface area (Å²) in [6.45, 7) is 3.64. The summed E-state index contributed by atoms with van der Waals surface area (Å²) < 4.78 is 11.2. The standard InChI is InChI=1S/C20H32N4O2/c1-5-21-20(23-17-12-16-10-11-19(17)26-16)22-13-18(24(2)3)14-6-8-15(25-4)9-7-14/h6-9,16-19H,5,10-13H2,1-4H3,(H2,21,22,23). The van der Waals surface area contributed by atoms with Crippen LogP contribution in [0.25, 0.3) is 0 Å². The molecule has 1 aromatic rings. The summed E-state index contributed by atoms with van der Waals surface area (Å²) in [5, 5.41) is 6.97. The third-order valence-electron chi connectivity index (χ3n) is 5.32. The first-order chi connectivity index (χ1) is 12.6. The number of likely N-dealkylation sites (N-methyl/N-ethyl adjacent to an activating group) is 1. The molecule has 6 heteroatoms. The molecule has 2 fully saturated rings. The second-order valence-electron chi connectivity index (χ2n) is 7.33. The van der Waals surface area contributed by atoms with Gasteiger partial charge in [-0.2, -0.15) is 0 Å². The zero-order chi connectivity index (χ0) is 18.5. The van der Waals surface area contributed by atoms with Crippen LogP contribution in [0.3, 0.4) is 0 Å². The second-order valence-corrected chi connectivity index (χ2v) is 7.33. The summed E-state index contributed by atoms with van der Waals surface area (Å²) in [5.41, 5.74) is 1.23. The van der Waals surface area contributed by atoms with Crippen LogP contribution >= 0.6 is 0 Å². The Bertz CT molecular complexity index is 602. The average molecular weight is 361 g/mol. The molecule has 0 saturated carbocycles. The molecule has 0 amide bonds. The van der Waals surface area contributed by atoms with Crippen molar-refractivity contribution >= 4 is 5.96 Å². The van der Waals surface area contributed by atoms with Gasteiger partial charge in [-0.1, -0.05) is 12.1 Å². The van der Waals surface area contributed by atoms with Gasteiger partial charge in [-0.15, -0.1) is 0 Å². The molecule has 0 spiro atoms. The first kappa shape index (κ1) is 19.0. The van der Waals surface area contributed by atoms with Crippen LogP contribution in [-0.4, -0.2) is 63.4 Å². The fraction of sp³-hybridized carbons (Fsp3) is 0.650. The maximum Gasteiger partial charge on any atom is 0.191 e. The van der Waals surface area contributed by atoms with Gasteiger partial charge in [-0.05, 0) is 58.0 Å². The lowest BCUT2D eigenvalue weighted by molar-refractivity contribution is 0.0992. The van der Waals surface area contributed by atoms with Crippen molar-refractivity contribution in [3.8, 4) is 5.75 Å². The molecule has 0 radical (unpaired) electrons. The van der Waals surface area contributed by atoms with Crippen LogP contribution < -0.4 is 15.4 Å². The molecule has 2 aliphatic heterocycles. The van der Waals surface area contributed by atoms with E-state index in [-0.39, 0.29) is 6.04 Å². The number of fused-ring (bicyclic) bond motifs is 2. The maximum atomic E-state index is 5.95. The zero-order valence-corrected chi connectivity index (χ0v) is 16.4. The number of ether oxygens (including phenoxy) is 2. The van der Waals surface area contributed by atoms with Crippen molar-refractivity contribution < 1.29 is 9.47 Å². The highest BCUT2D eigenvalue weighted by Crippen LogP contribution is 2.34. The van der Waals surface area contributed by atoms with Crippen LogP contribution in [0.5, 0.6) is 5.75 Å². The van der Waals surface area contributed by atoms with Crippen molar-refractivity contribution in [2.45, 2.75) is 50.5 Å². The van der Waals surface area contributed by atoms with Gasteiger partial charge in [-0.3, -0.25) is 4.99 Å². The first-order valence-electron chi connectivity index (χ1n) is 9.61. The number of guanidine groups is 1. The van der Waals surface area contributed by atoms with E-state index in [4.69, 9.17) is 14.5 Å². The fourth-order valence-corrected chi connectivity index (χ4v) is 3.86. The minimum absolute atomic E-state index is 0.215. The van der Waals surface area contributed by atoms with Crippen LogP contribution in [0.4, 0.5) is 0 Å². The maximum absolute atomic E-state index is 5.95. The Labute approximate surface area is 157 Å². The second kappa shape index (κ2) is 8.73. The normalized spacial score (nSPS) is 26.2. The lowest BCUT2D eigenvalue weighted by Gasteiger charge is -2.25. The van der Waals surface area contributed by atoms with Crippen molar-refractivity contribution in [2.75, 3.05) is 34.3 Å². The van der Waals surface area contributed by atoms with E-state index in [1.54, 1.807) is 7.11 Å². The highest BCUT2D eigenvalue weighted by atomic mass is 16.5. The fourth-order valence-electron chi connectivity index (χ4n) is 3.86. The van der Waals surface area contributed by atoms with E-state index >= 15 is 0 Å². The van der Waals surface area contributed by atoms with Gasteiger partial charge < -0.3 is 25.0 Å². The summed E-state index contributed by atoms with van der Waals surface area (Å²) in [7, 11) is 5.87. The van der Waals surface area contributed by atoms with E-state index in [1.165, 1.54) is 12.0 Å². The third kappa shape index (κ3) is 4.48. The van der Waals surface area contributed by atoms with Crippen molar-refractivity contribution in [2.24, 2.45) is 4.99 Å². The first-order valence-corrected chi connectivity index (χ1v) is 9.61. The molecule has 144 valence electrons. The molecular weight excluding hydrogens is 328 g/mol. The van der Waals surface area contributed by atoms with Crippen LogP contribution in [0.1, 0.15) is 37.8 Å². The van der Waals surface area contributed by atoms with Crippen molar-refractivity contribution in [1.29, 1.82) is 0 Å². The molecule has 2 saturated heterocycles. The van der Waals surface area contributed by atoms with Crippen molar-refractivity contribution in [3.05, 3.63) is 29.8 Å². The molecule has 2 heterocycles. The van der Waals surface area contributed by atoms with Crippen molar-refractivity contribution in [3.63, 3.8) is 0 Å². The summed E-state index contributed by atoms with van der Waals surface area (Å²) in [5.74, 6) is 1.76. The number of rotatable bonds is 7. The number of nitrogens with zero attached hydrogens (tertiary/aromatic N) is 2. The monoisotopic (exact) mass is 360 g/mol. The molecule has 0 aliphatic carbocycles. The molecule has 26 heavy (non-hydrogen) atoms.